The van der Waals surface area contributed by atoms with Crippen molar-refractivity contribution >= 4 is 27.3 Å². The summed E-state index contributed by atoms with van der Waals surface area (Å²) in [4.78, 5) is 18.7. The Bertz CT molecular complexity index is 1220. The van der Waals surface area contributed by atoms with Gasteiger partial charge in [0, 0.05) is 37.1 Å². The van der Waals surface area contributed by atoms with E-state index >= 15 is 0 Å². The van der Waals surface area contributed by atoms with E-state index in [-0.39, 0.29) is 37.0 Å². The lowest BCUT2D eigenvalue weighted by Crippen LogP contribution is -2.50. The van der Waals surface area contributed by atoms with Crippen LogP contribution in [-0.2, 0) is 10.0 Å². The first-order chi connectivity index (χ1) is 15.3. The molecule has 9 heteroatoms. The van der Waals surface area contributed by atoms with Gasteiger partial charge in [-0.25, -0.2) is 17.8 Å². The number of amides is 1. The van der Waals surface area contributed by atoms with Crippen molar-refractivity contribution in [1.82, 2.24) is 14.2 Å². The SMILES string of the molecule is CC(C)c1ccc(-c2nc(C(=O)N3CCN(S(=O)(=O)c4ccccc4F)CC3)cs2)cc1. The number of sulfonamides is 1. The number of halogens is 1. The maximum Gasteiger partial charge on any atom is 0.273 e. The molecule has 1 aromatic heterocycles. The molecule has 0 unspecified atom stereocenters. The molecule has 4 rings (SSSR count). The lowest BCUT2D eigenvalue weighted by atomic mass is 10.0. The Morgan fingerprint density at radius 1 is 1.03 bits per heavy atom. The fourth-order valence-electron chi connectivity index (χ4n) is 3.60. The summed E-state index contributed by atoms with van der Waals surface area (Å²) in [5.74, 6) is -0.560. The van der Waals surface area contributed by atoms with Crippen LogP contribution in [0.2, 0.25) is 0 Å². The van der Waals surface area contributed by atoms with Crippen LogP contribution >= 0.6 is 11.3 Å². The molecule has 3 aromatic rings. The Kier molecular flexibility index (Phi) is 6.41. The van der Waals surface area contributed by atoms with Gasteiger partial charge >= 0.3 is 0 Å². The molecule has 0 aliphatic carbocycles. The monoisotopic (exact) mass is 473 g/mol. The highest BCUT2D eigenvalue weighted by atomic mass is 32.2. The van der Waals surface area contributed by atoms with Gasteiger partial charge in [-0.2, -0.15) is 4.31 Å². The second-order valence-electron chi connectivity index (χ2n) is 7.94. The predicted molar refractivity (Wildman–Crippen MR) is 123 cm³/mol. The van der Waals surface area contributed by atoms with Crippen molar-refractivity contribution in [1.29, 1.82) is 0 Å². The van der Waals surface area contributed by atoms with Gasteiger partial charge in [0.05, 0.1) is 0 Å². The second kappa shape index (κ2) is 9.09. The van der Waals surface area contributed by atoms with Crippen molar-refractivity contribution in [3.8, 4) is 10.6 Å². The van der Waals surface area contributed by atoms with Crippen LogP contribution in [-0.4, -0.2) is 54.7 Å². The molecule has 1 aliphatic heterocycles. The van der Waals surface area contributed by atoms with Crippen LogP contribution in [0.1, 0.15) is 35.8 Å². The van der Waals surface area contributed by atoms with Crippen molar-refractivity contribution in [2.45, 2.75) is 24.7 Å². The average molecular weight is 474 g/mol. The van der Waals surface area contributed by atoms with Gasteiger partial charge in [0.2, 0.25) is 10.0 Å². The van der Waals surface area contributed by atoms with E-state index < -0.39 is 15.8 Å². The number of benzene rings is 2. The standard InChI is InChI=1S/C23H24FN3O3S2/c1-16(2)17-7-9-18(10-8-17)22-25-20(15-31-22)23(28)26-11-13-27(14-12-26)32(29,30)21-6-4-3-5-19(21)24/h3-10,15-16H,11-14H2,1-2H3. The van der Waals surface area contributed by atoms with Crippen molar-refractivity contribution in [3.05, 3.63) is 71.0 Å². The molecule has 0 saturated carbocycles. The molecule has 0 atom stereocenters. The van der Waals surface area contributed by atoms with Gasteiger partial charge in [-0.1, -0.05) is 50.2 Å². The Hall–Kier alpha value is -2.62. The van der Waals surface area contributed by atoms with Crippen LogP contribution < -0.4 is 0 Å². The minimum atomic E-state index is -3.94. The van der Waals surface area contributed by atoms with Crippen LogP contribution in [0.3, 0.4) is 0 Å². The quantitative estimate of drug-likeness (QED) is 0.556. The number of carbonyl (C=O) groups is 1. The lowest BCUT2D eigenvalue weighted by Gasteiger charge is -2.33. The fraction of sp³-hybridized carbons (Fsp3) is 0.304. The fourth-order valence-corrected chi connectivity index (χ4v) is 5.89. The molecule has 1 fully saturated rings. The minimum Gasteiger partial charge on any atom is -0.335 e. The van der Waals surface area contributed by atoms with E-state index in [9.17, 15) is 17.6 Å². The van der Waals surface area contributed by atoms with Crippen molar-refractivity contribution in [3.63, 3.8) is 0 Å². The summed E-state index contributed by atoms with van der Waals surface area (Å²) < 4.78 is 40.7. The molecular weight excluding hydrogens is 449 g/mol. The van der Waals surface area contributed by atoms with Crippen molar-refractivity contribution < 1.29 is 17.6 Å². The van der Waals surface area contributed by atoms with Gasteiger partial charge in [-0.3, -0.25) is 4.79 Å². The van der Waals surface area contributed by atoms with E-state index in [1.54, 1.807) is 10.3 Å². The van der Waals surface area contributed by atoms with Crippen LogP contribution in [0.5, 0.6) is 0 Å². The molecule has 2 aromatic carbocycles. The van der Waals surface area contributed by atoms with E-state index in [2.05, 4.69) is 31.0 Å². The first kappa shape index (κ1) is 22.6. The van der Waals surface area contributed by atoms with Gasteiger partial charge in [0.15, 0.2) is 0 Å². The van der Waals surface area contributed by atoms with E-state index in [0.29, 0.717) is 11.6 Å². The van der Waals surface area contributed by atoms with Gasteiger partial charge in [0.25, 0.3) is 5.91 Å². The molecule has 0 spiro atoms. The first-order valence-corrected chi connectivity index (χ1v) is 12.7. The normalized spacial score (nSPS) is 15.3. The highest BCUT2D eigenvalue weighted by molar-refractivity contribution is 7.89. The smallest absolute Gasteiger partial charge is 0.273 e. The van der Waals surface area contributed by atoms with Gasteiger partial charge in [0.1, 0.15) is 21.4 Å². The van der Waals surface area contributed by atoms with Crippen LogP contribution in [0.15, 0.2) is 58.8 Å². The Morgan fingerprint density at radius 3 is 2.31 bits per heavy atom. The number of piperazine rings is 1. The van der Waals surface area contributed by atoms with Crippen molar-refractivity contribution in [2.24, 2.45) is 0 Å². The van der Waals surface area contributed by atoms with E-state index in [1.807, 2.05) is 12.1 Å². The summed E-state index contributed by atoms with van der Waals surface area (Å²) >= 11 is 1.41. The Morgan fingerprint density at radius 2 is 1.69 bits per heavy atom. The molecule has 0 radical (unpaired) electrons. The molecule has 0 bridgehead atoms. The summed E-state index contributed by atoms with van der Waals surface area (Å²) in [5.41, 5.74) is 2.55. The molecule has 32 heavy (non-hydrogen) atoms. The zero-order valence-electron chi connectivity index (χ0n) is 17.9. The number of rotatable bonds is 5. The van der Waals surface area contributed by atoms with Gasteiger partial charge in [-0.15, -0.1) is 11.3 Å². The van der Waals surface area contributed by atoms with Crippen LogP contribution in [0, 0.1) is 5.82 Å². The van der Waals surface area contributed by atoms with E-state index in [1.165, 1.54) is 39.4 Å². The zero-order chi connectivity index (χ0) is 22.9. The largest absolute Gasteiger partial charge is 0.335 e. The third kappa shape index (κ3) is 4.46. The predicted octanol–water partition coefficient (Wildman–Crippen LogP) is 4.22. The molecule has 168 valence electrons. The first-order valence-electron chi connectivity index (χ1n) is 10.4. The molecule has 1 saturated heterocycles. The zero-order valence-corrected chi connectivity index (χ0v) is 19.5. The average Bonchev–Trinajstić information content (AvgIpc) is 3.29. The minimum absolute atomic E-state index is 0.107. The summed E-state index contributed by atoms with van der Waals surface area (Å²) in [5, 5.41) is 2.50. The maximum absolute atomic E-state index is 14.0. The summed E-state index contributed by atoms with van der Waals surface area (Å²) in [6, 6.07) is 13.5. The molecular formula is C23H24FN3O3S2. The number of aromatic nitrogens is 1. The van der Waals surface area contributed by atoms with E-state index in [0.717, 1.165) is 16.6 Å². The highest BCUT2D eigenvalue weighted by Gasteiger charge is 2.32. The van der Waals surface area contributed by atoms with Gasteiger partial charge < -0.3 is 4.90 Å². The highest BCUT2D eigenvalue weighted by Crippen LogP contribution is 2.27. The number of nitrogens with zero attached hydrogens (tertiary/aromatic N) is 3. The molecule has 2 heterocycles. The lowest BCUT2D eigenvalue weighted by molar-refractivity contribution is 0.0692. The number of hydrogen-bond donors (Lipinski definition) is 0. The van der Waals surface area contributed by atoms with Crippen LogP contribution in [0.25, 0.3) is 10.6 Å². The Labute approximate surface area is 191 Å². The number of carbonyl (C=O) groups excluding carboxylic acids is 1. The molecule has 1 aliphatic rings. The number of thiazole rings is 1. The maximum atomic E-state index is 14.0. The van der Waals surface area contributed by atoms with Gasteiger partial charge in [-0.05, 0) is 23.6 Å². The van der Waals surface area contributed by atoms with E-state index in [4.69, 9.17) is 0 Å². The van der Waals surface area contributed by atoms with Crippen LogP contribution in [0.4, 0.5) is 4.39 Å². The third-order valence-corrected chi connectivity index (χ3v) is 8.35. The molecule has 0 N–H and O–H groups in total. The van der Waals surface area contributed by atoms with Crippen molar-refractivity contribution in [2.75, 3.05) is 26.2 Å². The summed E-state index contributed by atoms with van der Waals surface area (Å²) in [6.07, 6.45) is 0. The topological polar surface area (TPSA) is 70.6 Å². The molecule has 6 nitrogen and oxygen atoms in total. The Balaban J connectivity index is 1.42. The summed E-state index contributed by atoms with van der Waals surface area (Å²) in [7, 11) is -3.94. The second-order valence-corrected chi connectivity index (χ2v) is 10.7. The summed E-state index contributed by atoms with van der Waals surface area (Å²) in [6.45, 7) is 4.93. The molecule has 1 amide bonds. The third-order valence-electron chi connectivity index (χ3n) is 5.53. The number of hydrogen-bond acceptors (Lipinski definition) is 5.